The molecule has 4 aromatic rings. The standard InChI is InChI=1S/C22H21BClF2N5O2S/c23-16-13-28-31-21(12-19(30-22(16)31)15-5-1-2-6-17(15)24)27-9-3-4-10-29-34(32,33)20-8-7-14(25)11-18(20)26/h1-2,5-8,11-13,27,29H,3-4,9-10,23H2. The predicted octanol–water partition coefficient (Wildman–Crippen LogP) is 2.76. The van der Waals surface area contributed by atoms with E-state index in [2.05, 4.69) is 15.1 Å². The van der Waals surface area contributed by atoms with Gasteiger partial charge in [-0.05, 0) is 36.5 Å². The highest BCUT2D eigenvalue weighted by molar-refractivity contribution is 7.89. The van der Waals surface area contributed by atoms with E-state index in [1.807, 2.05) is 32.1 Å². The van der Waals surface area contributed by atoms with E-state index in [-0.39, 0.29) is 6.54 Å². The van der Waals surface area contributed by atoms with E-state index in [9.17, 15) is 17.2 Å². The SMILES string of the molecule is Bc1cnn2c(NCCCCNS(=O)(=O)c3ccc(F)cc3F)cc(-c3ccccc3Cl)nc12. The summed E-state index contributed by atoms with van der Waals surface area (Å²) < 4.78 is 55.4. The van der Waals surface area contributed by atoms with Crippen molar-refractivity contribution in [3.05, 3.63) is 71.4 Å². The van der Waals surface area contributed by atoms with Crippen LogP contribution in [0.4, 0.5) is 14.6 Å². The summed E-state index contributed by atoms with van der Waals surface area (Å²) in [5, 5.41) is 8.28. The molecule has 2 aromatic heterocycles. The Hall–Kier alpha value is -3.02. The number of anilines is 1. The summed E-state index contributed by atoms with van der Waals surface area (Å²) in [4.78, 5) is 4.12. The molecule has 0 saturated carbocycles. The lowest BCUT2D eigenvalue weighted by atomic mass is 10.0. The van der Waals surface area contributed by atoms with Crippen molar-refractivity contribution >= 4 is 46.4 Å². The molecule has 2 heterocycles. The molecular weight excluding hydrogens is 483 g/mol. The minimum atomic E-state index is -4.06. The minimum absolute atomic E-state index is 0.109. The zero-order chi connectivity index (χ0) is 24.3. The summed E-state index contributed by atoms with van der Waals surface area (Å²) in [6.45, 7) is 0.644. The Balaban J connectivity index is 1.39. The van der Waals surface area contributed by atoms with Gasteiger partial charge in [-0.25, -0.2) is 26.9 Å². The van der Waals surface area contributed by atoms with Gasteiger partial charge in [0.1, 0.15) is 30.2 Å². The Morgan fingerprint density at radius 1 is 1.06 bits per heavy atom. The van der Waals surface area contributed by atoms with E-state index >= 15 is 0 Å². The molecule has 2 aromatic carbocycles. The van der Waals surface area contributed by atoms with Crippen LogP contribution in [0.5, 0.6) is 0 Å². The number of rotatable bonds is 9. The lowest BCUT2D eigenvalue weighted by Crippen LogP contribution is -2.26. The van der Waals surface area contributed by atoms with Crippen LogP contribution in [-0.2, 0) is 10.0 Å². The van der Waals surface area contributed by atoms with E-state index in [0.717, 1.165) is 29.0 Å². The average molecular weight is 504 g/mol. The van der Waals surface area contributed by atoms with Crippen LogP contribution in [0.1, 0.15) is 12.8 Å². The van der Waals surface area contributed by atoms with Crippen LogP contribution < -0.4 is 15.5 Å². The van der Waals surface area contributed by atoms with Crippen LogP contribution in [0.2, 0.25) is 5.02 Å². The highest BCUT2D eigenvalue weighted by atomic mass is 35.5. The molecule has 0 saturated heterocycles. The number of benzene rings is 2. The first-order chi connectivity index (χ1) is 16.3. The fraction of sp³-hybridized carbons (Fsp3) is 0.182. The summed E-state index contributed by atoms with van der Waals surface area (Å²) >= 11 is 6.36. The molecule has 4 rings (SSSR count). The van der Waals surface area contributed by atoms with Gasteiger partial charge in [0.2, 0.25) is 10.0 Å². The van der Waals surface area contributed by atoms with Crippen molar-refractivity contribution in [3.63, 3.8) is 0 Å². The first kappa shape index (κ1) is 24.1. The maximum atomic E-state index is 13.8. The van der Waals surface area contributed by atoms with E-state index in [1.54, 1.807) is 16.8 Å². The first-order valence-electron chi connectivity index (χ1n) is 10.5. The van der Waals surface area contributed by atoms with Crippen molar-refractivity contribution in [2.75, 3.05) is 18.4 Å². The van der Waals surface area contributed by atoms with Gasteiger partial charge in [-0.3, -0.25) is 0 Å². The average Bonchev–Trinajstić information content (AvgIpc) is 3.17. The normalized spacial score (nSPS) is 11.7. The Labute approximate surface area is 201 Å². The van der Waals surface area contributed by atoms with Crippen LogP contribution >= 0.6 is 11.6 Å². The van der Waals surface area contributed by atoms with Crippen LogP contribution in [0, 0.1) is 11.6 Å². The number of nitrogens with zero attached hydrogens (tertiary/aromatic N) is 3. The third-order valence-corrected chi connectivity index (χ3v) is 7.01. The molecule has 12 heteroatoms. The summed E-state index contributed by atoms with van der Waals surface area (Å²) in [5.74, 6) is -1.24. The number of nitrogens with one attached hydrogen (secondary N) is 2. The molecule has 0 spiro atoms. The van der Waals surface area contributed by atoms with Gasteiger partial charge in [0.05, 0.1) is 5.69 Å². The molecule has 34 heavy (non-hydrogen) atoms. The zero-order valence-corrected chi connectivity index (χ0v) is 19.8. The number of sulfonamides is 1. The Morgan fingerprint density at radius 2 is 1.82 bits per heavy atom. The molecule has 7 nitrogen and oxygen atoms in total. The van der Waals surface area contributed by atoms with Crippen LogP contribution in [0.3, 0.4) is 0 Å². The maximum Gasteiger partial charge on any atom is 0.243 e. The molecule has 0 aliphatic rings. The molecule has 176 valence electrons. The third kappa shape index (κ3) is 5.21. The topological polar surface area (TPSA) is 88.4 Å². The van der Waals surface area contributed by atoms with Gasteiger partial charge in [-0.2, -0.15) is 9.61 Å². The smallest absolute Gasteiger partial charge is 0.243 e. The second-order valence-electron chi connectivity index (χ2n) is 7.68. The van der Waals surface area contributed by atoms with Crippen LogP contribution in [0.15, 0.2) is 59.6 Å². The van der Waals surface area contributed by atoms with Crippen molar-refractivity contribution in [2.24, 2.45) is 0 Å². The summed E-state index contributed by atoms with van der Waals surface area (Å²) in [5.41, 5.74) is 3.13. The summed E-state index contributed by atoms with van der Waals surface area (Å²) in [6.07, 6.45) is 2.85. The molecule has 0 aliphatic heterocycles. The van der Waals surface area contributed by atoms with E-state index in [0.29, 0.717) is 41.8 Å². The molecule has 0 aliphatic carbocycles. The fourth-order valence-electron chi connectivity index (χ4n) is 3.45. The van der Waals surface area contributed by atoms with E-state index in [4.69, 9.17) is 16.6 Å². The van der Waals surface area contributed by atoms with Gasteiger partial charge in [-0.1, -0.05) is 29.8 Å². The molecule has 0 bridgehead atoms. The molecule has 0 radical (unpaired) electrons. The monoisotopic (exact) mass is 503 g/mol. The molecule has 0 amide bonds. The lowest BCUT2D eigenvalue weighted by molar-refractivity contribution is 0.542. The Morgan fingerprint density at radius 3 is 2.59 bits per heavy atom. The number of halogens is 3. The number of hydrogen-bond acceptors (Lipinski definition) is 5. The van der Waals surface area contributed by atoms with Crippen molar-refractivity contribution in [2.45, 2.75) is 17.7 Å². The van der Waals surface area contributed by atoms with E-state index < -0.39 is 26.6 Å². The summed E-state index contributed by atoms with van der Waals surface area (Å²) in [6, 6.07) is 11.7. The quantitative estimate of drug-likeness (QED) is 0.271. The van der Waals surface area contributed by atoms with Crippen molar-refractivity contribution in [1.29, 1.82) is 0 Å². The van der Waals surface area contributed by atoms with Gasteiger partial charge in [0.25, 0.3) is 0 Å². The minimum Gasteiger partial charge on any atom is -0.370 e. The lowest BCUT2D eigenvalue weighted by Gasteiger charge is -2.12. The molecular formula is C22H21BClF2N5O2S. The largest absolute Gasteiger partial charge is 0.370 e. The number of hydrogen-bond donors (Lipinski definition) is 2. The van der Waals surface area contributed by atoms with Crippen molar-refractivity contribution in [1.82, 2.24) is 19.3 Å². The number of fused-ring (bicyclic) bond motifs is 1. The van der Waals surface area contributed by atoms with Gasteiger partial charge in [-0.15, -0.1) is 0 Å². The van der Waals surface area contributed by atoms with Crippen LogP contribution in [-0.4, -0.2) is 44.0 Å². The van der Waals surface area contributed by atoms with Gasteiger partial charge in [0.15, 0.2) is 5.65 Å². The second-order valence-corrected chi connectivity index (χ2v) is 9.82. The Bertz CT molecular complexity index is 1450. The third-order valence-electron chi connectivity index (χ3n) is 5.18. The van der Waals surface area contributed by atoms with Gasteiger partial charge in [0, 0.05) is 42.0 Å². The van der Waals surface area contributed by atoms with E-state index in [1.165, 1.54) is 0 Å². The second kappa shape index (κ2) is 10.1. The molecule has 0 atom stereocenters. The van der Waals surface area contributed by atoms with Crippen molar-refractivity contribution in [3.8, 4) is 11.3 Å². The fourth-order valence-corrected chi connectivity index (χ4v) is 4.81. The predicted molar refractivity (Wildman–Crippen MR) is 131 cm³/mol. The molecule has 0 fully saturated rings. The molecule has 2 N–H and O–H groups in total. The van der Waals surface area contributed by atoms with Crippen LogP contribution in [0.25, 0.3) is 16.9 Å². The highest BCUT2D eigenvalue weighted by Gasteiger charge is 2.19. The maximum absolute atomic E-state index is 13.8. The van der Waals surface area contributed by atoms with Gasteiger partial charge >= 0.3 is 0 Å². The molecule has 0 unspecified atom stereocenters. The first-order valence-corrected chi connectivity index (χ1v) is 12.4. The number of aromatic nitrogens is 3. The Kier molecular flexibility index (Phi) is 7.15. The van der Waals surface area contributed by atoms with Crippen molar-refractivity contribution < 1.29 is 17.2 Å². The summed E-state index contributed by atoms with van der Waals surface area (Å²) in [7, 11) is -2.14. The highest BCUT2D eigenvalue weighted by Crippen LogP contribution is 2.28. The number of unbranched alkanes of at least 4 members (excludes halogenated alkanes) is 1. The zero-order valence-electron chi connectivity index (χ0n) is 18.2. The van der Waals surface area contributed by atoms with Gasteiger partial charge < -0.3 is 5.32 Å².